The van der Waals surface area contributed by atoms with Gasteiger partial charge in [-0.3, -0.25) is 4.79 Å². The minimum absolute atomic E-state index is 0.136. The molecule has 4 rings (SSSR count). The van der Waals surface area contributed by atoms with Gasteiger partial charge in [-0.05, 0) is 68.9 Å². The van der Waals surface area contributed by atoms with Crippen LogP contribution >= 0.6 is 0 Å². The third kappa shape index (κ3) is 8.49. The number of nitrogens with zero attached hydrogens (tertiary/aromatic N) is 2. The number of aryl methyl sites for hydroxylation is 4. The first-order valence-electron chi connectivity index (χ1n) is 13.6. The zero-order valence-corrected chi connectivity index (χ0v) is 22.0. The largest absolute Gasteiger partial charge is 0.494 e. The molecule has 1 heterocycles. The lowest BCUT2D eigenvalue weighted by Gasteiger charge is -2.11. The highest BCUT2D eigenvalue weighted by Crippen LogP contribution is 2.19. The summed E-state index contributed by atoms with van der Waals surface area (Å²) in [6.45, 7) is 4.50. The van der Waals surface area contributed by atoms with Crippen LogP contribution in [0.1, 0.15) is 55.5 Å². The van der Waals surface area contributed by atoms with E-state index in [1.54, 1.807) is 0 Å². The number of unbranched alkanes of at least 4 members (excludes halogenated alkanes) is 3. The maximum atomic E-state index is 12.1. The molecule has 37 heavy (non-hydrogen) atoms. The monoisotopic (exact) mass is 497 g/mol. The van der Waals surface area contributed by atoms with Gasteiger partial charge in [-0.15, -0.1) is 0 Å². The van der Waals surface area contributed by atoms with Crippen LogP contribution in [0.15, 0.2) is 78.9 Å². The molecule has 1 N–H and O–H groups in total. The summed E-state index contributed by atoms with van der Waals surface area (Å²) in [7, 11) is 0. The van der Waals surface area contributed by atoms with Crippen molar-refractivity contribution in [3.63, 3.8) is 0 Å². The Bertz CT molecular complexity index is 1230. The fraction of sp³-hybridized carbons (Fsp3) is 0.375. The quantitative estimate of drug-likeness (QED) is 0.187. The van der Waals surface area contributed by atoms with Crippen molar-refractivity contribution >= 4 is 16.9 Å². The molecule has 5 nitrogen and oxygen atoms in total. The molecule has 5 heteroatoms. The van der Waals surface area contributed by atoms with E-state index in [9.17, 15) is 4.79 Å². The summed E-state index contributed by atoms with van der Waals surface area (Å²) in [5.41, 5.74) is 4.73. The summed E-state index contributed by atoms with van der Waals surface area (Å²) in [5.74, 6) is 2.23. The highest BCUT2D eigenvalue weighted by Gasteiger charge is 2.10. The van der Waals surface area contributed by atoms with Crippen LogP contribution in [0.5, 0.6) is 5.75 Å². The average molecular weight is 498 g/mol. The third-order valence-corrected chi connectivity index (χ3v) is 6.68. The van der Waals surface area contributed by atoms with Crippen molar-refractivity contribution in [2.45, 2.75) is 64.8 Å². The van der Waals surface area contributed by atoms with E-state index < -0.39 is 0 Å². The molecule has 0 bridgehead atoms. The van der Waals surface area contributed by atoms with Gasteiger partial charge in [0.15, 0.2) is 0 Å². The summed E-state index contributed by atoms with van der Waals surface area (Å²) in [6.07, 6.45) is 7.49. The summed E-state index contributed by atoms with van der Waals surface area (Å²) in [5, 5.41) is 3.07. The van der Waals surface area contributed by atoms with Gasteiger partial charge in [-0.1, -0.05) is 66.6 Å². The van der Waals surface area contributed by atoms with Gasteiger partial charge in [0.25, 0.3) is 0 Å². The third-order valence-electron chi connectivity index (χ3n) is 6.68. The molecular weight excluding hydrogens is 458 g/mol. The molecule has 0 radical (unpaired) electrons. The number of hydrogen-bond donors (Lipinski definition) is 1. The van der Waals surface area contributed by atoms with E-state index >= 15 is 0 Å². The number of imidazole rings is 1. The number of fused-ring (bicyclic) bond motifs is 1. The minimum Gasteiger partial charge on any atom is -0.494 e. The lowest BCUT2D eigenvalue weighted by molar-refractivity contribution is -0.121. The highest BCUT2D eigenvalue weighted by molar-refractivity contribution is 5.76. The van der Waals surface area contributed by atoms with E-state index in [-0.39, 0.29) is 5.91 Å². The van der Waals surface area contributed by atoms with Gasteiger partial charge in [-0.2, -0.15) is 0 Å². The molecule has 0 saturated carbocycles. The molecule has 4 aromatic rings. The number of hydrogen-bond acceptors (Lipinski definition) is 3. The number of nitrogens with one attached hydrogen (secondary N) is 1. The predicted octanol–water partition coefficient (Wildman–Crippen LogP) is 6.67. The van der Waals surface area contributed by atoms with Crippen molar-refractivity contribution in [2.24, 2.45) is 0 Å². The van der Waals surface area contributed by atoms with E-state index in [2.05, 4.69) is 65.3 Å². The normalized spacial score (nSPS) is 11.1. The van der Waals surface area contributed by atoms with Crippen molar-refractivity contribution in [3.05, 3.63) is 95.8 Å². The average Bonchev–Trinajstić information content (AvgIpc) is 3.28. The SMILES string of the molecule is Cc1ccc(OCCCCn2c(CCCCCNC(=O)CCc3ccccc3)nc3ccccc32)cc1. The van der Waals surface area contributed by atoms with Crippen LogP contribution in [-0.4, -0.2) is 28.6 Å². The van der Waals surface area contributed by atoms with Gasteiger partial charge in [0, 0.05) is 25.9 Å². The molecule has 0 atom stereocenters. The van der Waals surface area contributed by atoms with Crippen LogP contribution in [0.2, 0.25) is 0 Å². The number of carbonyl (C=O) groups excluding carboxylic acids is 1. The highest BCUT2D eigenvalue weighted by atomic mass is 16.5. The second-order valence-electron chi connectivity index (χ2n) is 9.68. The zero-order valence-electron chi connectivity index (χ0n) is 22.0. The lowest BCUT2D eigenvalue weighted by atomic mass is 10.1. The van der Waals surface area contributed by atoms with Gasteiger partial charge < -0.3 is 14.6 Å². The van der Waals surface area contributed by atoms with Crippen molar-refractivity contribution in [1.29, 1.82) is 0 Å². The Balaban J connectivity index is 1.16. The van der Waals surface area contributed by atoms with Crippen LogP contribution in [0.4, 0.5) is 0 Å². The van der Waals surface area contributed by atoms with Gasteiger partial charge in [0.2, 0.25) is 5.91 Å². The van der Waals surface area contributed by atoms with Gasteiger partial charge in [0.05, 0.1) is 17.6 Å². The second-order valence-corrected chi connectivity index (χ2v) is 9.68. The van der Waals surface area contributed by atoms with E-state index in [1.165, 1.54) is 16.6 Å². The van der Waals surface area contributed by atoms with Gasteiger partial charge in [-0.25, -0.2) is 4.98 Å². The Morgan fingerprint density at radius 1 is 0.838 bits per heavy atom. The van der Waals surface area contributed by atoms with E-state index in [0.29, 0.717) is 6.42 Å². The Morgan fingerprint density at radius 3 is 2.46 bits per heavy atom. The van der Waals surface area contributed by atoms with E-state index in [1.807, 2.05) is 30.3 Å². The molecule has 194 valence electrons. The van der Waals surface area contributed by atoms with Crippen molar-refractivity contribution in [3.8, 4) is 5.75 Å². The molecule has 0 saturated heterocycles. The van der Waals surface area contributed by atoms with E-state index in [0.717, 1.165) is 81.7 Å². The topological polar surface area (TPSA) is 56.1 Å². The Kier molecular flexibility index (Phi) is 10.2. The fourth-order valence-corrected chi connectivity index (χ4v) is 4.57. The molecule has 0 aliphatic rings. The Labute approximate surface area is 220 Å². The van der Waals surface area contributed by atoms with Crippen LogP contribution in [0, 0.1) is 6.92 Å². The van der Waals surface area contributed by atoms with Crippen molar-refractivity contribution in [2.75, 3.05) is 13.2 Å². The number of benzene rings is 3. The molecule has 0 spiro atoms. The van der Waals surface area contributed by atoms with Crippen LogP contribution in [-0.2, 0) is 24.2 Å². The number of carbonyl (C=O) groups is 1. The summed E-state index contributed by atoms with van der Waals surface area (Å²) >= 11 is 0. The molecule has 1 amide bonds. The van der Waals surface area contributed by atoms with Crippen LogP contribution < -0.4 is 10.1 Å². The molecule has 0 aliphatic heterocycles. The first-order valence-corrected chi connectivity index (χ1v) is 13.6. The number of aromatic nitrogens is 2. The Morgan fingerprint density at radius 2 is 1.62 bits per heavy atom. The molecule has 0 fully saturated rings. The van der Waals surface area contributed by atoms with E-state index in [4.69, 9.17) is 9.72 Å². The smallest absolute Gasteiger partial charge is 0.220 e. The molecule has 3 aromatic carbocycles. The number of para-hydroxylation sites is 2. The molecule has 0 aliphatic carbocycles. The van der Waals surface area contributed by atoms with Crippen LogP contribution in [0.3, 0.4) is 0 Å². The maximum Gasteiger partial charge on any atom is 0.220 e. The van der Waals surface area contributed by atoms with Gasteiger partial charge in [0.1, 0.15) is 11.6 Å². The van der Waals surface area contributed by atoms with Crippen molar-refractivity contribution in [1.82, 2.24) is 14.9 Å². The zero-order chi connectivity index (χ0) is 25.7. The molecule has 0 unspecified atom stereocenters. The van der Waals surface area contributed by atoms with Crippen LogP contribution in [0.25, 0.3) is 11.0 Å². The second kappa shape index (κ2) is 14.2. The fourth-order valence-electron chi connectivity index (χ4n) is 4.57. The number of ether oxygens (including phenoxy) is 1. The van der Waals surface area contributed by atoms with Gasteiger partial charge >= 0.3 is 0 Å². The predicted molar refractivity (Wildman–Crippen MR) is 151 cm³/mol. The van der Waals surface area contributed by atoms with Crippen molar-refractivity contribution < 1.29 is 9.53 Å². The number of amides is 1. The first-order chi connectivity index (χ1) is 18.2. The maximum absolute atomic E-state index is 12.1. The first kappa shape index (κ1) is 26.5. The molecular formula is C32H39N3O2. The summed E-state index contributed by atoms with van der Waals surface area (Å²) in [6, 6.07) is 26.8. The Hall–Kier alpha value is -3.60. The lowest BCUT2D eigenvalue weighted by Crippen LogP contribution is -2.24. The minimum atomic E-state index is 0.136. The number of rotatable bonds is 15. The molecule has 1 aromatic heterocycles. The summed E-state index contributed by atoms with van der Waals surface area (Å²) in [4.78, 5) is 17.1. The standard InChI is InChI=1S/C32H39N3O2/c1-26-17-20-28(21-18-26)37-25-11-10-24-35-30-15-8-7-14-29(30)34-31(35)16-6-3-9-23-33-32(36)22-19-27-12-4-2-5-13-27/h2,4-5,7-8,12-15,17-18,20-21H,3,6,9-11,16,19,22-25H2,1H3,(H,33,36). The summed E-state index contributed by atoms with van der Waals surface area (Å²) < 4.78 is 8.28.